The Morgan fingerprint density at radius 2 is 1.76 bits per heavy atom. The molecule has 0 unspecified atom stereocenters. The first-order valence-corrected chi connectivity index (χ1v) is 10.4. The second-order valence-electron chi connectivity index (χ2n) is 6.85. The van der Waals surface area contributed by atoms with Crippen LogP contribution in [0.15, 0.2) is 48.5 Å². The minimum Gasteiger partial charge on any atom is -0.335 e. The molecule has 3 aromatic rings. The van der Waals surface area contributed by atoms with Crippen LogP contribution in [0, 0.1) is 6.92 Å². The molecule has 0 saturated heterocycles. The summed E-state index contributed by atoms with van der Waals surface area (Å²) in [6.07, 6.45) is 2.07. The van der Waals surface area contributed by atoms with E-state index >= 15 is 0 Å². The second kappa shape index (κ2) is 8.23. The van der Waals surface area contributed by atoms with Gasteiger partial charge in [-0.2, -0.15) is 0 Å². The van der Waals surface area contributed by atoms with E-state index in [-0.39, 0.29) is 11.9 Å². The number of benzene rings is 2. The number of nitrogens with zero attached hydrogens (tertiary/aromatic N) is 1. The van der Waals surface area contributed by atoms with E-state index in [1.807, 2.05) is 25.1 Å². The van der Waals surface area contributed by atoms with Crippen LogP contribution in [0.2, 0.25) is 5.02 Å². The van der Waals surface area contributed by atoms with Gasteiger partial charge in [0.05, 0.1) is 5.69 Å². The Morgan fingerprint density at radius 1 is 1.07 bits per heavy atom. The average Bonchev–Trinajstić information content (AvgIpc) is 3.41. The van der Waals surface area contributed by atoms with Gasteiger partial charge in [0.1, 0.15) is 9.88 Å². The number of aryl methyl sites for hydroxylation is 1. The van der Waals surface area contributed by atoms with E-state index in [2.05, 4.69) is 20.9 Å². The van der Waals surface area contributed by atoms with Crippen LogP contribution in [0.5, 0.6) is 0 Å². The van der Waals surface area contributed by atoms with E-state index in [9.17, 15) is 9.59 Å². The number of hydrogen-bond acceptors (Lipinski definition) is 4. The lowest BCUT2D eigenvalue weighted by Gasteiger charge is -2.08. The fourth-order valence-electron chi connectivity index (χ4n) is 2.76. The largest absolute Gasteiger partial charge is 0.335 e. The molecule has 4 rings (SSSR count). The van der Waals surface area contributed by atoms with Crippen molar-refractivity contribution >= 4 is 46.3 Å². The molecular formula is C21H19ClN4O2S. The molecule has 0 atom stereocenters. The van der Waals surface area contributed by atoms with Crippen molar-refractivity contribution in [2.75, 3.05) is 10.6 Å². The van der Waals surface area contributed by atoms with E-state index < -0.39 is 0 Å². The predicted octanol–water partition coefficient (Wildman–Crippen LogP) is 5.31. The minimum atomic E-state index is -0.222. The quantitative estimate of drug-likeness (QED) is 0.517. The molecule has 3 amide bonds. The molecule has 29 heavy (non-hydrogen) atoms. The summed E-state index contributed by atoms with van der Waals surface area (Å²) in [6, 6.07) is 14.5. The lowest BCUT2D eigenvalue weighted by molar-refractivity contribution is 0.103. The molecule has 0 spiro atoms. The van der Waals surface area contributed by atoms with Crippen molar-refractivity contribution in [2.24, 2.45) is 0 Å². The summed E-state index contributed by atoms with van der Waals surface area (Å²) in [5.74, 6) is -0.222. The second-order valence-corrected chi connectivity index (χ2v) is 8.28. The molecule has 1 aromatic heterocycles. The number of carbonyl (C=O) groups is 2. The fourth-order valence-corrected chi connectivity index (χ4v) is 3.91. The monoisotopic (exact) mass is 426 g/mol. The van der Waals surface area contributed by atoms with Crippen molar-refractivity contribution in [2.45, 2.75) is 25.8 Å². The summed E-state index contributed by atoms with van der Waals surface area (Å²) in [7, 11) is 0. The Bertz CT molecular complexity index is 1060. The third-order valence-corrected chi connectivity index (χ3v) is 5.83. The topological polar surface area (TPSA) is 83.1 Å². The summed E-state index contributed by atoms with van der Waals surface area (Å²) in [6.45, 7) is 1.81. The minimum absolute atomic E-state index is 0.210. The Hall–Kier alpha value is -2.90. The molecule has 1 fully saturated rings. The highest BCUT2D eigenvalue weighted by molar-refractivity contribution is 7.17. The molecule has 1 heterocycles. The maximum Gasteiger partial charge on any atom is 0.319 e. The molecule has 1 saturated carbocycles. The zero-order valence-electron chi connectivity index (χ0n) is 15.7. The maximum absolute atomic E-state index is 12.7. The van der Waals surface area contributed by atoms with E-state index in [1.165, 1.54) is 11.3 Å². The maximum atomic E-state index is 12.7. The molecule has 3 N–H and O–H groups in total. The van der Waals surface area contributed by atoms with E-state index in [1.54, 1.807) is 30.3 Å². The summed E-state index contributed by atoms with van der Waals surface area (Å²) in [5.41, 5.74) is 2.85. The van der Waals surface area contributed by atoms with E-state index in [0.717, 1.165) is 23.4 Å². The number of rotatable bonds is 5. The van der Waals surface area contributed by atoms with Gasteiger partial charge in [0.2, 0.25) is 0 Å². The van der Waals surface area contributed by atoms with Crippen LogP contribution >= 0.6 is 22.9 Å². The Labute approximate surface area is 177 Å². The molecule has 0 radical (unpaired) electrons. The van der Waals surface area contributed by atoms with E-state index in [0.29, 0.717) is 33.0 Å². The standard InChI is InChI=1S/C21H19ClN4O2S/c1-12-18(29-20(23-12)13-3-2-4-14(22)11-13)19(27)24-15-5-7-16(8-6-15)25-21(28)26-17-9-10-17/h2-8,11,17H,9-10H2,1H3,(H,24,27)(H2,25,26,28). The van der Waals surface area contributed by atoms with Crippen LogP contribution in [-0.2, 0) is 0 Å². The smallest absolute Gasteiger partial charge is 0.319 e. The molecule has 2 aromatic carbocycles. The molecule has 0 aliphatic heterocycles. The van der Waals surface area contributed by atoms with E-state index in [4.69, 9.17) is 11.6 Å². The fraction of sp³-hybridized carbons (Fsp3) is 0.190. The van der Waals surface area contributed by atoms with Crippen molar-refractivity contribution in [3.05, 3.63) is 64.1 Å². The van der Waals surface area contributed by atoms with Crippen LogP contribution in [0.25, 0.3) is 10.6 Å². The molecule has 8 heteroatoms. The number of carbonyl (C=O) groups excluding carboxylic acids is 2. The van der Waals surface area contributed by atoms with Gasteiger partial charge in [-0.3, -0.25) is 4.79 Å². The number of amides is 3. The van der Waals surface area contributed by atoms with Crippen LogP contribution in [0.1, 0.15) is 28.2 Å². The molecule has 6 nitrogen and oxygen atoms in total. The third kappa shape index (κ3) is 4.93. The van der Waals surface area contributed by atoms with Gasteiger partial charge in [0.25, 0.3) is 5.91 Å². The third-order valence-electron chi connectivity index (χ3n) is 4.39. The van der Waals surface area contributed by atoms with Crippen LogP contribution in [0.3, 0.4) is 0 Å². The van der Waals surface area contributed by atoms with Gasteiger partial charge in [-0.05, 0) is 56.2 Å². The molecule has 148 valence electrons. The number of anilines is 2. The van der Waals surface area contributed by atoms with Gasteiger partial charge in [0.15, 0.2) is 0 Å². The molecule has 1 aliphatic rings. The molecular weight excluding hydrogens is 408 g/mol. The number of hydrogen-bond donors (Lipinski definition) is 3. The number of aromatic nitrogens is 1. The van der Waals surface area contributed by atoms with Gasteiger partial charge in [-0.15, -0.1) is 11.3 Å². The first kappa shape index (κ1) is 19.4. The highest BCUT2D eigenvalue weighted by Gasteiger charge is 2.23. The zero-order chi connectivity index (χ0) is 20.4. The van der Waals surface area contributed by atoms with Gasteiger partial charge >= 0.3 is 6.03 Å². The molecule has 1 aliphatic carbocycles. The van der Waals surface area contributed by atoms with Crippen molar-refractivity contribution in [3.63, 3.8) is 0 Å². The number of thiazole rings is 1. The van der Waals surface area contributed by atoms with Crippen molar-refractivity contribution < 1.29 is 9.59 Å². The van der Waals surface area contributed by atoms with Gasteiger partial charge in [-0.25, -0.2) is 9.78 Å². The Morgan fingerprint density at radius 3 is 2.41 bits per heavy atom. The highest BCUT2D eigenvalue weighted by atomic mass is 35.5. The first-order valence-electron chi connectivity index (χ1n) is 9.20. The average molecular weight is 427 g/mol. The Kier molecular flexibility index (Phi) is 5.51. The molecule has 0 bridgehead atoms. The number of halogens is 1. The van der Waals surface area contributed by atoms with Gasteiger partial charge < -0.3 is 16.0 Å². The van der Waals surface area contributed by atoms with Crippen molar-refractivity contribution in [1.29, 1.82) is 0 Å². The predicted molar refractivity (Wildman–Crippen MR) is 117 cm³/mol. The van der Waals surface area contributed by atoms with Gasteiger partial charge in [0, 0.05) is 28.0 Å². The first-order chi connectivity index (χ1) is 14.0. The SMILES string of the molecule is Cc1nc(-c2cccc(Cl)c2)sc1C(=O)Nc1ccc(NC(=O)NC2CC2)cc1. The summed E-state index contributed by atoms with van der Waals surface area (Å²) < 4.78 is 0. The highest BCUT2D eigenvalue weighted by Crippen LogP contribution is 2.30. The van der Waals surface area contributed by atoms with Crippen LogP contribution in [0.4, 0.5) is 16.2 Å². The summed E-state index contributed by atoms with van der Waals surface area (Å²) in [5, 5.41) is 9.89. The number of nitrogens with one attached hydrogen (secondary N) is 3. The van der Waals surface area contributed by atoms with Gasteiger partial charge in [-0.1, -0.05) is 23.7 Å². The normalized spacial score (nSPS) is 13.0. The summed E-state index contributed by atoms with van der Waals surface area (Å²) >= 11 is 7.38. The van der Waals surface area contributed by atoms with Crippen LogP contribution < -0.4 is 16.0 Å². The lowest BCUT2D eigenvalue weighted by atomic mass is 10.2. The number of urea groups is 1. The van der Waals surface area contributed by atoms with Crippen molar-refractivity contribution in [1.82, 2.24) is 10.3 Å². The van der Waals surface area contributed by atoms with Crippen LogP contribution in [-0.4, -0.2) is 23.0 Å². The lowest BCUT2D eigenvalue weighted by Crippen LogP contribution is -2.30. The Balaban J connectivity index is 1.42. The summed E-state index contributed by atoms with van der Waals surface area (Å²) in [4.78, 5) is 29.5. The van der Waals surface area contributed by atoms with Crippen molar-refractivity contribution in [3.8, 4) is 10.6 Å². The zero-order valence-corrected chi connectivity index (χ0v) is 17.2.